The van der Waals surface area contributed by atoms with Crippen LogP contribution in [0.5, 0.6) is 0 Å². The molecule has 0 unspecified atom stereocenters. The van der Waals surface area contributed by atoms with Gasteiger partial charge in [0.05, 0.1) is 17.2 Å². The third kappa shape index (κ3) is 6.11. The molecular formula is C26H21ClN2O3S2. The highest BCUT2D eigenvalue weighted by atomic mass is 35.5. The van der Waals surface area contributed by atoms with Gasteiger partial charge in [0.1, 0.15) is 15.7 Å². The van der Waals surface area contributed by atoms with Crippen molar-refractivity contribution in [3.63, 3.8) is 0 Å². The molecule has 34 heavy (non-hydrogen) atoms. The van der Waals surface area contributed by atoms with Gasteiger partial charge in [-0.1, -0.05) is 76.8 Å². The van der Waals surface area contributed by atoms with Gasteiger partial charge >= 0.3 is 5.97 Å². The second-order valence-corrected chi connectivity index (χ2v) is 10.3. The van der Waals surface area contributed by atoms with Crippen LogP contribution in [0.25, 0.3) is 22.4 Å². The van der Waals surface area contributed by atoms with Crippen LogP contribution in [0.15, 0.2) is 70.9 Å². The van der Waals surface area contributed by atoms with E-state index in [0.29, 0.717) is 22.9 Å². The minimum Gasteiger partial charge on any atom is -0.481 e. The van der Waals surface area contributed by atoms with Gasteiger partial charge in [0.25, 0.3) is 0 Å². The molecule has 0 saturated carbocycles. The van der Waals surface area contributed by atoms with Crippen LogP contribution in [0.1, 0.15) is 16.7 Å². The zero-order valence-corrected chi connectivity index (χ0v) is 20.7. The molecular weight excluding hydrogens is 488 g/mol. The number of benzene rings is 3. The minimum absolute atomic E-state index is 0.0104. The lowest BCUT2D eigenvalue weighted by Crippen LogP contribution is -2.05. The number of ketones is 1. The molecule has 4 aromatic rings. The number of hydrogen-bond donors (Lipinski definition) is 1. The number of aromatic nitrogens is 2. The summed E-state index contributed by atoms with van der Waals surface area (Å²) in [4.78, 5) is 23.4. The van der Waals surface area contributed by atoms with E-state index in [-0.39, 0.29) is 12.2 Å². The molecule has 0 bridgehead atoms. The largest absolute Gasteiger partial charge is 0.481 e. The predicted octanol–water partition coefficient (Wildman–Crippen LogP) is 6.36. The fraction of sp³-hybridized carbons (Fsp3) is 0.154. The molecule has 4 rings (SSSR count). The Labute approximate surface area is 211 Å². The Morgan fingerprint density at radius 2 is 1.56 bits per heavy atom. The topological polar surface area (TPSA) is 80.2 Å². The van der Waals surface area contributed by atoms with Crippen LogP contribution in [0.3, 0.4) is 0 Å². The highest BCUT2D eigenvalue weighted by Crippen LogP contribution is 2.36. The molecule has 0 radical (unpaired) electrons. The monoisotopic (exact) mass is 508 g/mol. The number of rotatable bonds is 9. The maximum atomic E-state index is 12.6. The minimum atomic E-state index is -0.846. The number of thioether (sulfide) groups is 1. The van der Waals surface area contributed by atoms with Crippen LogP contribution < -0.4 is 0 Å². The molecule has 8 heteroatoms. The third-order valence-corrected chi connectivity index (χ3v) is 7.53. The number of nitrogens with zero attached hydrogens (tertiary/aromatic N) is 2. The first kappa shape index (κ1) is 24.1. The fourth-order valence-electron chi connectivity index (χ4n) is 3.48. The van der Waals surface area contributed by atoms with Gasteiger partial charge in [-0.15, -0.1) is 16.9 Å². The standard InChI is InChI=1S/C26H21ClN2O3S2/c1-16-2-11-22(23(27)12-16)25-26(34-29-28-25)33-15-21(30)13-17-3-7-19(8-4-17)20-9-5-18(6-10-20)14-24(31)32/h2-12H,13-15H2,1H3,(H,31,32). The van der Waals surface area contributed by atoms with Crippen LogP contribution >= 0.6 is 34.9 Å². The van der Waals surface area contributed by atoms with E-state index in [1.807, 2.05) is 73.7 Å². The Balaban J connectivity index is 1.35. The molecule has 0 aliphatic carbocycles. The molecule has 0 aliphatic rings. The first-order chi connectivity index (χ1) is 16.4. The summed E-state index contributed by atoms with van der Waals surface area (Å²) >= 11 is 9.09. The van der Waals surface area contributed by atoms with Gasteiger partial charge in [0.15, 0.2) is 0 Å². The maximum absolute atomic E-state index is 12.6. The van der Waals surface area contributed by atoms with Gasteiger partial charge in [-0.2, -0.15) is 0 Å². The van der Waals surface area contributed by atoms with Crippen molar-refractivity contribution in [1.29, 1.82) is 0 Å². The lowest BCUT2D eigenvalue weighted by atomic mass is 10.0. The average molecular weight is 509 g/mol. The van der Waals surface area contributed by atoms with Crippen LogP contribution in [-0.2, 0) is 22.4 Å². The number of carbonyl (C=O) groups is 2. The molecule has 0 saturated heterocycles. The van der Waals surface area contributed by atoms with E-state index in [1.165, 1.54) is 23.3 Å². The molecule has 0 fully saturated rings. The Morgan fingerprint density at radius 3 is 2.15 bits per heavy atom. The number of hydrogen-bond acceptors (Lipinski definition) is 6. The van der Waals surface area contributed by atoms with Gasteiger partial charge in [-0.25, -0.2) is 0 Å². The second kappa shape index (κ2) is 11.0. The van der Waals surface area contributed by atoms with Crippen molar-refractivity contribution in [2.45, 2.75) is 24.0 Å². The SMILES string of the molecule is Cc1ccc(-c2nnsc2SCC(=O)Cc2ccc(-c3ccc(CC(=O)O)cc3)cc2)c(Cl)c1. The van der Waals surface area contributed by atoms with Crippen molar-refractivity contribution in [2.24, 2.45) is 0 Å². The highest BCUT2D eigenvalue weighted by Gasteiger charge is 2.16. The smallest absolute Gasteiger partial charge is 0.307 e. The Bertz CT molecular complexity index is 1320. The van der Waals surface area contributed by atoms with E-state index >= 15 is 0 Å². The Hall–Kier alpha value is -3.00. The summed E-state index contributed by atoms with van der Waals surface area (Å²) in [7, 11) is 0. The maximum Gasteiger partial charge on any atom is 0.307 e. The van der Waals surface area contributed by atoms with Crippen molar-refractivity contribution < 1.29 is 14.7 Å². The number of aryl methyl sites for hydroxylation is 1. The molecule has 1 heterocycles. The highest BCUT2D eigenvalue weighted by molar-refractivity contribution is 8.01. The first-order valence-corrected chi connectivity index (χ1v) is 12.7. The molecule has 1 aromatic heterocycles. The van der Waals surface area contributed by atoms with Gasteiger partial charge in [-0.3, -0.25) is 9.59 Å². The van der Waals surface area contributed by atoms with E-state index < -0.39 is 5.97 Å². The zero-order valence-electron chi connectivity index (χ0n) is 18.3. The van der Waals surface area contributed by atoms with Gasteiger partial charge < -0.3 is 5.11 Å². The Morgan fingerprint density at radius 1 is 0.941 bits per heavy atom. The van der Waals surface area contributed by atoms with Crippen LogP contribution in [0.2, 0.25) is 5.02 Å². The number of aliphatic carboxylic acids is 1. The normalized spacial score (nSPS) is 10.9. The van der Waals surface area contributed by atoms with Crippen molar-refractivity contribution in [3.8, 4) is 22.4 Å². The van der Waals surface area contributed by atoms with E-state index in [0.717, 1.165) is 37.6 Å². The first-order valence-electron chi connectivity index (χ1n) is 10.5. The summed E-state index contributed by atoms with van der Waals surface area (Å²) in [6, 6.07) is 21.1. The summed E-state index contributed by atoms with van der Waals surface area (Å²) in [5.74, 6) is -0.403. The van der Waals surface area contributed by atoms with Crippen molar-refractivity contribution in [1.82, 2.24) is 9.59 Å². The Kier molecular flexibility index (Phi) is 7.77. The van der Waals surface area contributed by atoms with Crippen molar-refractivity contribution in [3.05, 3.63) is 88.4 Å². The summed E-state index contributed by atoms with van der Waals surface area (Å²) < 4.78 is 4.93. The number of carboxylic acids is 1. The number of carbonyl (C=O) groups excluding carboxylic acids is 1. The second-order valence-electron chi connectivity index (χ2n) is 7.86. The third-order valence-electron chi connectivity index (χ3n) is 5.20. The predicted molar refractivity (Wildman–Crippen MR) is 138 cm³/mol. The number of halogens is 1. The number of carboxylic acid groups (broad SMARTS) is 1. The lowest BCUT2D eigenvalue weighted by Gasteiger charge is -2.06. The molecule has 3 aromatic carbocycles. The summed E-state index contributed by atoms with van der Waals surface area (Å²) in [6.45, 7) is 1.98. The molecule has 5 nitrogen and oxygen atoms in total. The van der Waals surface area contributed by atoms with Gasteiger partial charge in [0.2, 0.25) is 0 Å². The average Bonchev–Trinajstić information content (AvgIpc) is 3.27. The summed E-state index contributed by atoms with van der Waals surface area (Å²) in [5.41, 5.74) is 6.34. The number of Topliss-reactive ketones (excluding diaryl/α,β-unsaturated/α-hetero) is 1. The molecule has 172 valence electrons. The molecule has 1 N–H and O–H groups in total. The molecule has 0 atom stereocenters. The van der Waals surface area contributed by atoms with Gasteiger partial charge in [0, 0.05) is 12.0 Å². The van der Waals surface area contributed by atoms with E-state index in [1.54, 1.807) is 0 Å². The summed E-state index contributed by atoms with van der Waals surface area (Å²) in [5, 5.41) is 13.7. The van der Waals surface area contributed by atoms with Gasteiger partial charge in [-0.05, 0) is 52.3 Å². The summed E-state index contributed by atoms with van der Waals surface area (Å²) in [6.07, 6.45) is 0.355. The quantitative estimate of drug-likeness (QED) is 0.265. The van der Waals surface area contributed by atoms with E-state index in [4.69, 9.17) is 16.7 Å². The molecule has 0 spiro atoms. The molecule has 0 amide bonds. The van der Waals surface area contributed by atoms with Crippen molar-refractivity contribution >= 4 is 46.6 Å². The fourth-order valence-corrected chi connectivity index (χ4v) is 5.41. The van der Waals surface area contributed by atoms with Crippen LogP contribution in [0, 0.1) is 6.92 Å². The van der Waals surface area contributed by atoms with E-state index in [2.05, 4.69) is 9.59 Å². The van der Waals surface area contributed by atoms with E-state index in [9.17, 15) is 9.59 Å². The zero-order chi connectivity index (χ0) is 24.1. The van der Waals surface area contributed by atoms with Crippen LogP contribution in [0.4, 0.5) is 0 Å². The lowest BCUT2D eigenvalue weighted by molar-refractivity contribution is -0.136. The molecule has 0 aliphatic heterocycles. The van der Waals surface area contributed by atoms with Crippen LogP contribution in [-0.4, -0.2) is 32.2 Å². The van der Waals surface area contributed by atoms with Crippen molar-refractivity contribution in [2.75, 3.05) is 5.75 Å².